The van der Waals surface area contributed by atoms with Gasteiger partial charge in [0.2, 0.25) is 5.43 Å². The lowest BCUT2D eigenvalue weighted by atomic mass is 9.43. The Balaban J connectivity index is 1.03. The Labute approximate surface area is 314 Å². The Morgan fingerprint density at radius 2 is 1.72 bits per heavy atom. The number of nitrogens with zero attached hydrogens (tertiary/aromatic N) is 2. The third-order valence-corrected chi connectivity index (χ3v) is 14.3. The molecule has 12 nitrogen and oxygen atoms in total. The number of aromatic nitrogens is 1. The van der Waals surface area contributed by atoms with Crippen LogP contribution in [-0.4, -0.2) is 70.1 Å². The minimum atomic E-state index is -1.36. The summed E-state index contributed by atoms with van der Waals surface area (Å²) in [6.07, 6.45) is 4.93. The van der Waals surface area contributed by atoms with Gasteiger partial charge in [0.1, 0.15) is 29.4 Å². The van der Waals surface area contributed by atoms with Crippen molar-refractivity contribution in [1.82, 2.24) is 9.88 Å². The number of ether oxygens (including phenoxy) is 2. The number of benzene rings is 1. The summed E-state index contributed by atoms with van der Waals surface area (Å²) in [6, 6.07) is 2.74. The van der Waals surface area contributed by atoms with Crippen molar-refractivity contribution in [3.05, 3.63) is 52.6 Å². The second kappa shape index (κ2) is 13.8. The highest BCUT2D eigenvalue weighted by atomic mass is 19.1. The van der Waals surface area contributed by atoms with Gasteiger partial charge in [-0.25, -0.2) is 24.1 Å². The van der Waals surface area contributed by atoms with Crippen molar-refractivity contribution < 1.29 is 43.3 Å². The van der Waals surface area contributed by atoms with Crippen molar-refractivity contribution in [3.8, 4) is 0 Å². The molecule has 2 aromatic rings. The number of hydrogen-bond donors (Lipinski definition) is 3. The van der Waals surface area contributed by atoms with Crippen LogP contribution in [0.5, 0.6) is 0 Å². The van der Waals surface area contributed by atoms with E-state index in [1.807, 2.05) is 13.8 Å². The number of hydrogen-bond acceptors (Lipinski definition) is 9. The second-order valence-corrected chi connectivity index (χ2v) is 17.3. The van der Waals surface area contributed by atoms with Gasteiger partial charge in [0, 0.05) is 66.7 Å². The summed E-state index contributed by atoms with van der Waals surface area (Å²) in [4.78, 5) is 66.7. The van der Waals surface area contributed by atoms with Crippen molar-refractivity contribution >= 4 is 40.5 Å². The number of carboxylic acid groups (broad SMARTS) is 1. The van der Waals surface area contributed by atoms with E-state index >= 15 is 4.39 Å². The number of carboxylic acids is 1. The van der Waals surface area contributed by atoms with Crippen LogP contribution in [0.1, 0.15) is 108 Å². The molecule has 0 radical (unpaired) electrons. The van der Waals surface area contributed by atoms with Crippen LogP contribution < -0.4 is 15.6 Å². The number of aromatic carboxylic acids is 1. The molecule has 5 aliphatic rings. The Morgan fingerprint density at radius 3 is 2.37 bits per heavy atom. The Morgan fingerprint density at radius 1 is 1.04 bits per heavy atom. The zero-order valence-corrected chi connectivity index (χ0v) is 31.6. The summed E-state index contributed by atoms with van der Waals surface area (Å²) in [5, 5.41) is 23.7. The number of aliphatic hydroxyl groups excluding tert-OH is 1. The number of rotatable bonds is 7. The van der Waals surface area contributed by atoms with E-state index in [9.17, 15) is 34.2 Å². The SMILES string of the molecule is C=CC[C@]1(C)C[C@@H](OC(=O)NC(=O)OC2CCN(c3cc4c(cc3F)c(=O)c(C(=O)O)cn4C3CC3)CC2)[C@@]2(C)C3C(=O)CCC3(CC[C@H]2C)[C@@H](C)[C@@H]1O. The number of anilines is 1. The number of imide groups is 1. The molecule has 7 rings (SSSR count). The molecule has 0 spiro atoms. The van der Waals surface area contributed by atoms with Crippen LogP contribution in [0.3, 0.4) is 0 Å². The van der Waals surface area contributed by atoms with Gasteiger partial charge in [-0.1, -0.05) is 33.8 Å². The summed E-state index contributed by atoms with van der Waals surface area (Å²) in [7, 11) is 0. The van der Waals surface area contributed by atoms with E-state index < -0.39 is 75.4 Å². The number of ketones is 1. The number of fused-ring (bicyclic) bond motifs is 1. The molecule has 1 aliphatic heterocycles. The number of aliphatic hydroxyl groups is 1. The molecule has 292 valence electrons. The average Bonchev–Trinajstić information content (AvgIpc) is 3.91. The molecule has 4 saturated carbocycles. The van der Waals surface area contributed by atoms with Gasteiger partial charge in [-0.3, -0.25) is 9.59 Å². The van der Waals surface area contributed by atoms with Crippen molar-refractivity contribution in [1.29, 1.82) is 0 Å². The smallest absolute Gasteiger partial charge is 0.416 e. The highest BCUT2D eigenvalue weighted by Gasteiger charge is 2.68. The molecule has 8 atom stereocenters. The van der Waals surface area contributed by atoms with Crippen molar-refractivity contribution in [2.45, 2.75) is 116 Å². The normalized spacial score (nSPS) is 34.1. The van der Waals surface area contributed by atoms with Gasteiger partial charge in [-0.05, 0) is 74.3 Å². The third-order valence-electron chi connectivity index (χ3n) is 14.3. The maximum absolute atomic E-state index is 15.5. The number of amides is 2. The number of nitrogens with one attached hydrogen (secondary N) is 1. The van der Waals surface area contributed by atoms with Crippen molar-refractivity contribution in [3.63, 3.8) is 0 Å². The monoisotopic (exact) mass is 749 g/mol. The van der Waals surface area contributed by atoms with Gasteiger partial charge in [-0.2, -0.15) is 0 Å². The first-order chi connectivity index (χ1) is 25.5. The molecule has 2 bridgehead atoms. The molecule has 2 unspecified atom stereocenters. The van der Waals surface area contributed by atoms with E-state index in [4.69, 9.17) is 9.47 Å². The fourth-order valence-corrected chi connectivity index (χ4v) is 10.9. The summed E-state index contributed by atoms with van der Waals surface area (Å²) < 4.78 is 29.0. The van der Waals surface area contributed by atoms with E-state index in [-0.39, 0.29) is 41.2 Å². The Bertz CT molecular complexity index is 1950. The highest BCUT2D eigenvalue weighted by molar-refractivity contribution is 5.94. The fourth-order valence-electron chi connectivity index (χ4n) is 10.9. The maximum Gasteiger partial charge on any atom is 0.416 e. The molecule has 2 amide bonds. The van der Waals surface area contributed by atoms with Crippen LogP contribution in [0, 0.1) is 39.8 Å². The van der Waals surface area contributed by atoms with E-state index in [1.165, 1.54) is 6.20 Å². The van der Waals surface area contributed by atoms with Gasteiger partial charge in [-0.15, -0.1) is 6.58 Å². The minimum Gasteiger partial charge on any atom is -0.477 e. The predicted octanol–water partition coefficient (Wildman–Crippen LogP) is 6.76. The molecule has 1 saturated heterocycles. The molecule has 2 heterocycles. The molecule has 1 aromatic heterocycles. The van der Waals surface area contributed by atoms with Crippen LogP contribution in [0.15, 0.2) is 35.8 Å². The Hall–Kier alpha value is -4.26. The van der Waals surface area contributed by atoms with Crippen LogP contribution in [0.25, 0.3) is 10.9 Å². The molecule has 4 aliphatic carbocycles. The number of piperidine rings is 1. The number of carbonyl (C=O) groups is 4. The van der Waals surface area contributed by atoms with Gasteiger partial charge in [0.05, 0.1) is 17.3 Å². The minimum absolute atomic E-state index is 0.0152. The molecule has 1 aromatic carbocycles. The first kappa shape index (κ1) is 38.0. The highest BCUT2D eigenvalue weighted by Crippen LogP contribution is 2.68. The third kappa shape index (κ3) is 6.20. The van der Waals surface area contributed by atoms with Crippen LogP contribution >= 0.6 is 0 Å². The largest absolute Gasteiger partial charge is 0.477 e. The summed E-state index contributed by atoms with van der Waals surface area (Å²) in [5.74, 6) is -2.36. The van der Waals surface area contributed by atoms with Crippen LogP contribution in [0.2, 0.25) is 0 Å². The molecule has 5 fully saturated rings. The van der Waals surface area contributed by atoms with E-state index in [1.54, 1.807) is 21.6 Å². The van der Waals surface area contributed by atoms with Crippen molar-refractivity contribution in [2.75, 3.05) is 18.0 Å². The first-order valence-corrected chi connectivity index (χ1v) is 19.4. The van der Waals surface area contributed by atoms with Gasteiger partial charge >= 0.3 is 18.2 Å². The zero-order chi connectivity index (χ0) is 38.9. The Kier molecular flexibility index (Phi) is 9.71. The standard InChI is InChI=1S/C41H52FN3O9/c1-6-13-39(4)20-32(40(5)22(2)9-14-41(23(3)35(39)48)15-10-31(46)34(40)41)54-38(52)43-37(51)53-25-11-16-44(17-12-25)30-19-29-26(18-28(30)42)33(47)27(36(49)50)21-45(29)24-7-8-24/h6,18-19,21-25,32,34-35,48H,1,7-17,20H2,2-5H3,(H,49,50)(H,43,51,52)/t22-,23+,32-,34?,35+,39-,40+,41?/m1/s1. The summed E-state index contributed by atoms with van der Waals surface area (Å²) in [5.41, 5.74) is -2.21. The quantitative estimate of drug-likeness (QED) is 0.258. The number of pyridine rings is 1. The number of halogens is 1. The fraction of sp³-hybridized carbons (Fsp3) is 0.634. The van der Waals surface area contributed by atoms with E-state index in [0.717, 1.165) is 31.7 Å². The lowest BCUT2D eigenvalue weighted by Crippen LogP contribution is -2.63. The molecule has 3 N–H and O–H groups in total. The van der Waals surface area contributed by atoms with Gasteiger partial charge in [0.15, 0.2) is 0 Å². The maximum atomic E-state index is 15.5. The topological polar surface area (TPSA) is 164 Å². The molecule has 54 heavy (non-hydrogen) atoms. The van der Waals surface area contributed by atoms with Gasteiger partial charge in [0.25, 0.3) is 0 Å². The van der Waals surface area contributed by atoms with E-state index in [2.05, 4.69) is 25.7 Å². The first-order valence-electron chi connectivity index (χ1n) is 19.4. The number of alkyl carbamates (subject to hydrolysis) is 2. The van der Waals surface area contributed by atoms with Crippen LogP contribution in [0.4, 0.5) is 19.7 Å². The number of Topliss-reactive ketones (excluding diaryl/α,β-unsaturated/α-hetero) is 1. The number of carbonyl (C=O) groups excluding carboxylic acids is 3. The van der Waals surface area contributed by atoms with Gasteiger partial charge < -0.3 is 29.2 Å². The second-order valence-electron chi connectivity index (χ2n) is 17.3. The van der Waals surface area contributed by atoms with Crippen LogP contribution in [-0.2, 0) is 14.3 Å². The summed E-state index contributed by atoms with van der Waals surface area (Å²) >= 11 is 0. The molecule has 13 heteroatoms. The average molecular weight is 750 g/mol. The van der Waals surface area contributed by atoms with E-state index in [0.29, 0.717) is 50.7 Å². The molecular formula is C41H52FN3O9. The summed E-state index contributed by atoms with van der Waals surface area (Å²) in [6.45, 7) is 12.8. The number of allylic oxidation sites excluding steroid dienone is 1. The zero-order valence-electron chi connectivity index (χ0n) is 31.6. The lowest BCUT2D eigenvalue weighted by molar-refractivity contribution is -0.197. The molecular weight excluding hydrogens is 697 g/mol. The lowest BCUT2D eigenvalue weighted by Gasteiger charge is -2.62. The van der Waals surface area contributed by atoms with Crippen molar-refractivity contribution in [2.24, 2.45) is 34.0 Å². The predicted molar refractivity (Wildman–Crippen MR) is 198 cm³/mol.